The standard InChI is InChI=1S/C17H19FN2O/c1-17(2,3)16(21)20-15-8-9-19-11-13(15)10-12-6-4-5-7-14(12)18/h4-9,11H,10H2,1-3H3,(H,19,20,21). The molecule has 0 fully saturated rings. The van der Waals surface area contributed by atoms with Gasteiger partial charge in [0.25, 0.3) is 0 Å². The van der Waals surface area contributed by atoms with Crippen LogP contribution in [0.25, 0.3) is 0 Å². The van der Waals surface area contributed by atoms with Crippen LogP contribution in [-0.4, -0.2) is 10.9 Å². The Hall–Kier alpha value is -2.23. The number of pyridine rings is 1. The average Bonchev–Trinajstić information content (AvgIpc) is 2.42. The molecule has 0 radical (unpaired) electrons. The Morgan fingerprint density at radius 1 is 1.19 bits per heavy atom. The summed E-state index contributed by atoms with van der Waals surface area (Å²) in [5.41, 5.74) is 1.56. The number of rotatable bonds is 3. The minimum Gasteiger partial charge on any atom is -0.325 e. The molecule has 0 aliphatic carbocycles. The van der Waals surface area contributed by atoms with Crippen LogP contribution in [0, 0.1) is 11.2 Å². The number of carbonyl (C=O) groups excluding carboxylic acids is 1. The van der Waals surface area contributed by atoms with E-state index < -0.39 is 5.41 Å². The van der Waals surface area contributed by atoms with Crippen LogP contribution in [0.3, 0.4) is 0 Å². The number of halogens is 1. The zero-order valence-corrected chi connectivity index (χ0v) is 12.5. The number of anilines is 1. The van der Waals surface area contributed by atoms with Crippen molar-refractivity contribution in [1.82, 2.24) is 4.98 Å². The second-order valence-corrected chi connectivity index (χ2v) is 6.01. The zero-order chi connectivity index (χ0) is 15.5. The van der Waals surface area contributed by atoms with Crippen LogP contribution in [0.2, 0.25) is 0 Å². The molecule has 0 saturated heterocycles. The van der Waals surface area contributed by atoms with Crippen molar-refractivity contribution < 1.29 is 9.18 Å². The van der Waals surface area contributed by atoms with E-state index in [0.29, 0.717) is 17.7 Å². The lowest BCUT2D eigenvalue weighted by molar-refractivity contribution is -0.123. The van der Waals surface area contributed by atoms with Crippen molar-refractivity contribution in [3.8, 4) is 0 Å². The van der Waals surface area contributed by atoms with Crippen LogP contribution in [-0.2, 0) is 11.2 Å². The highest BCUT2D eigenvalue weighted by Crippen LogP contribution is 2.22. The molecular weight excluding hydrogens is 267 g/mol. The summed E-state index contributed by atoms with van der Waals surface area (Å²) in [5.74, 6) is -0.335. The maximum Gasteiger partial charge on any atom is 0.229 e. The molecule has 21 heavy (non-hydrogen) atoms. The van der Waals surface area contributed by atoms with Crippen molar-refractivity contribution in [2.75, 3.05) is 5.32 Å². The van der Waals surface area contributed by atoms with E-state index in [0.717, 1.165) is 5.56 Å². The van der Waals surface area contributed by atoms with Crippen molar-refractivity contribution >= 4 is 11.6 Å². The number of aromatic nitrogens is 1. The molecule has 1 aromatic heterocycles. The minimum atomic E-state index is -0.488. The molecule has 0 aliphatic rings. The molecule has 1 aromatic carbocycles. The summed E-state index contributed by atoms with van der Waals surface area (Å²) < 4.78 is 13.8. The molecule has 0 atom stereocenters. The maximum absolute atomic E-state index is 13.8. The van der Waals surface area contributed by atoms with E-state index in [1.54, 1.807) is 36.7 Å². The summed E-state index contributed by atoms with van der Waals surface area (Å²) in [5, 5.41) is 2.89. The van der Waals surface area contributed by atoms with Crippen molar-refractivity contribution in [1.29, 1.82) is 0 Å². The van der Waals surface area contributed by atoms with Gasteiger partial charge >= 0.3 is 0 Å². The molecule has 0 unspecified atom stereocenters. The molecule has 4 heteroatoms. The normalized spacial score (nSPS) is 11.2. The summed E-state index contributed by atoms with van der Waals surface area (Å²) in [7, 11) is 0. The molecule has 1 heterocycles. The monoisotopic (exact) mass is 286 g/mol. The lowest BCUT2D eigenvalue weighted by atomic mass is 9.95. The molecule has 2 aromatic rings. The van der Waals surface area contributed by atoms with E-state index in [1.807, 2.05) is 20.8 Å². The Kier molecular flexibility index (Phi) is 4.36. The Labute approximate surface area is 124 Å². The smallest absolute Gasteiger partial charge is 0.229 e. The SMILES string of the molecule is CC(C)(C)C(=O)Nc1ccncc1Cc1ccccc1F. The summed E-state index contributed by atoms with van der Waals surface area (Å²) in [6, 6.07) is 8.35. The predicted octanol–water partition coefficient (Wildman–Crippen LogP) is 3.80. The number of carbonyl (C=O) groups is 1. The van der Waals surface area contributed by atoms with Crippen LogP contribution < -0.4 is 5.32 Å². The van der Waals surface area contributed by atoms with Gasteiger partial charge in [-0.05, 0) is 23.3 Å². The summed E-state index contributed by atoms with van der Waals surface area (Å²) in [4.78, 5) is 16.2. The zero-order valence-electron chi connectivity index (χ0n) is 12.5. The van der Waals surface area contributed by atoms with Gasteiger partial charge in [0.15, 0.2) is 0 Å². The fraction of sp³-hybridized carbons (Fsp3) is 0.294. The van der Waals surface area contributed by atoms with Crippen LogP contribution in [0.4, 0.5) is 10.1 Å². The highest BCUT2D eigenvalue weighted by molar-refractivity contribution is 5.95. The molecular formula is C17H19FN2O. The number of hydrogen-bond donors (Lipinski definition) is 1. The van der Waals surface area contributed by atoms with Crippen LogP contribution >= 0.6 is 0 Å². The number of hydrogen-bond acceptors (Lipinski definition) is 2. The van der Waals surface area contributed by atoms with Crippen LogP contribution in [0.5, 0.6) is 0 Å². The average molecular weight is 286 g/mol. The Balaban J connectivity index is 2.26. The topological polar surface area (TPSA) is 42.0 Å². The quantitative estimate of drug-likeness (QED) is 0.932. The molecule has 0 aliphatic heterocycles. The number of nitrogens with one attached hydrogen (secondary N) is 1. The second kappa shape index (κ2) is 6.04. The molecule has 0 spiro atoms. The molecule has 110 valence electrons. The molecule has 1 N–H and O–H groups in total. The van der Waals surface area contributed by atoms with Gasteiger partial charge in [0.2, 0.25) is 5.91 Å². The van der Waals surface area contributed by atoms with Gasteiger partial charge in [-0.2, -0.15) is 0 Å². The molecule has 0 saturated carbocycles. The number of amides is 1. The van der Waals surface area contributed by atoms with E-state index in [2.05, 4.69) is 10.3 Å². The third kappa shape index (κ3) is 3.88. The molecule has 1 amide bonds. The van der Waals surface area contributed by atoms with Gasteiger partial charge in [0.1, 0.15) is 5.82 Å². The van der Waals surface area contributed by atoms with E-state index in [4.69, 9.17) is 0 Å². The van der Waals surface area contributed by atoms with E-state index in [-0.39, 0.29) is 11.7 Å². The highest BCUT2D eigenvalue weighted by Gasteiger charge is 2.22. The van der Waals surface area contributed by atoms with Gasteiger partial charge in [-0.3, -0.25) is 9.78 Å². The largest absolute Gasteiger partial charge is 0.325 e. The van der Waals surface area contributed by atoms with Gasteiger partial charge in [-0.1, -0.05) is 39.0 Å². The third-order valence-electron chi connectivity index (χ3n) is 3.17. The van der Waals surface area contributed by atoms with Gasteiger partial charge in [-0.15, -0.1) is 0 Å². The van der Waals surface area contributed by atoms with Crippen LogP contribution in [0.1, 0.15) is 31.9 Å². The molecule has 0 bridgehead atoms. The Morgan fingerprint density at radius 3 is 2.57 bits per heavy atom. The fourth-order valence-corrected chi connectivity index (χ4v) is 1.85. The van der Waals surface area contributed by atoms with E-state index in [1.165, 1.54) is 6.07 Å². The summed E-state index contributed by atoms with van der Waals surface area (Å²) >= 11 is 0. The second-order valence-electron chi connectivity index (χ2n) is 6.01. The third-order valence-corrected chi connectivity index (χ3v) is 3.17. The first-order valence-corrected chi connectivity index (χ1v) is 6.85. The lowest BCUT2D eigenvalue weighted by Crippen LogP contribution is -2.28. The van der Waals surface area contributed by atoms with Crippen molar-refractivity contribution in [2.24, 2.45) is 5.41 Å². The minimum absolute atomic E-state index is 0.0801. The molecule has 3 nitrogen and oxygen atoms in total. The van der Waals surface area contributed by atoms with Gasteiger partial charge < -0.3 is 5.32 Å². The summed E-state index contributed by atoms with van der Waals surface area (Å²) in [6.07, 6.45) is 3.66. The lowest BCUT2D eigenvalue weighted by Gasteiger charge is -2.19. The number of nitrogens with zero attached hydrogens (tertiary/aromatic N) is 1. The predicted molar refractivity (Wildman–Crippen MR) is 81.5 cm³/mol. The van der Waals surface area contributed by atoms with Crippen molar-refractivity contribution in [3.63, 3.8) is 0 Å². The Bertz CT molecular complexity index is 647. The van der Waals surface area contributed by atoms with E-state index in [9.17, 15) is 9.18 Å². The molecule has 2 rings (SSSR count). The first kappa shape index (κ1) is 15.2. The van der Waals surface area contributed by atoms with E-state index >= 15 is 0 Å². The highest BCUT2D eigenvalue weighted by atomic mass is 19.1. The van der Waals surface area contributed by atoms with Gasteiger partial charge in [0.05, 0.1) is 0 Å². The maximum atomic E-state index is 13.8. The number of benzene rings is 1. The van der Waals surface area contributed by atoms with Crippen molar-refractivity contribution in [3.05, 3.63) is 59.7 Å². The summed E-state index contributed by atoms with van der Waals surface area (Å²) in [6.45, 7) is 5.54. The van der Waals surface area contributed by atoms with Gasteiger partial charge in [-0.25, -0.2) is 4.39 Å². The Morgan fingerprint density at radius 2 is 1.90 bits per heavy atom. The van der Waals surface area contributed by atoms with Crippen LogP contribution in [0.15, 0.2) is 42.7 Å². The first-order valence-electron chi connectivity index (χ1n) is 6.85. The fourth-order valence-electron chi connectivity index (χ4n) is 1.85. The van der Waals surface area contributed by atoms with Crippen molar-refractivity contribution in [2.45, 2.75) is 27.2 Å². The first-order chi connectivity index (χ1) is 9.88. The van der Waals surface area contributed by atoms with Gasteiger partial charge in [0, 0.05) is 29.9 Å².